The second-order valence-electron chi connectivity index (χ2n) is 5.39. The van der Waals surface area contributed by atoms with Crippen molar-refractivity contribution < 1.29 is 19.4 Å². The molecule has 2 aliphatic rings. The van der Waals surface area contributed by atoms with E-state index in [-0.39, 0.29) is 11.8 Å². The first-order valence-corrected chi connectivity index (χ1v) is 6.65. The number of ether oxygens (including phenoxy) is 1. The summed E-state index contributed by atoms with van der Waals surface area (Å²) in [5.74, 6) is -0.922. The van der Waals surface area contributed by atoms with Crippen LogP contribution in [0.25, 0.3) is 0 Å². The summed E-state index contributed by atoms with van der Waals surface area (Å²) in [5.41, 5.74) is 0. The van der Waals surface area contributed by atoms with Gasteiger partial charge in [0.25, 0.3) is 0 Å². The first-order valence-electron chi connectivity index (χ1n) is 6.65. The first-order chi connectivity index (χ1) is 8.59. The number of amides is 1. The molecular formula is C13H21NO4. The van der Waals surface area contributed by atoms with Crippen molar-refractivity contribution in [2.24, 2.45) is 17.8 Å². The Morgan fingerprint density at radius 1 is 1.28 bits per heavy atom. The van der Waals surface area contributed by atoms with E-state index in [2.05, 4.69) is 0 Å². The van der Waals surface area contributed by atoms with E-state index in [0.717, 1.165) is 39.0 Å². The molecule has 18 heavy (non-hydrogen) atoms. The van der Waals surface area contributed by atoms with Gasteiger partial charge >= 0.3 is 5.97 Å². The van der Waals surface area contributed by atoms with E-state index in [1.54, 1.807) is 11.9 Å². The molecule has 0 bridgehead atoms. The summed E-state index contributed by atoms with van der Waals surface area (Å²) >= 11 is 0. The monoisotopic (exact) mass is 255 g/mol. The molecule has 1 saturated carbocycles. The zero-order valence-electron chi connectivity index (χ0n) is 10.8. The number of carboxylic acid groups (broad SMARTS) is 1. The average Bonchev–Trinajstić information content (AvgIpc) is 3.16. The smallest absolute Gasteiger partial charge is 0.307 e. The SMILES string of the molecule is CN(CCC1CCOCC1)C(=O)C1CC1C(=O)O. The molecule has 0 radical (unpaired) electrons. The number of hydrogen-bond donors (Lipinski definition) is 1. The molecule has 1 N–H and O–H groups in total. The Kier molecular flexibility index (Phi) is 4.22. The maximum Gasteiger partial charge on any atom is 0.307 e. The van der Waals surface area contributed by atoms with Gasteiger partial charge < -0.3 is 14.7 Å². The van der Waals surface area contributed by atoms with Crippen LogP contribution < -0.4 is 0 Å². The molecule has 5 nitrogen and oxygen atoms in total. The second-order valence-corrected chi connectivity index (χ2v) is 5.39. The van der Waals surface area contributed by atoms with E-state index in [4.69, 9.17) is 9.84 Å². The maximum atomic E-state index is 11.9. The molecule has 2 fully saturated rings. The van der Waals surface area contributed by atoms with Gasteiger partial charge in [0.2, 0.25) is 5.91 Å². The summed E-state index contributed by atoms with van der Waals surface area (Å²) in [4.78, 5) is 24.3. The standard InChI is InChI=1S/C13H21NO4/c1-14(5-2-9-3-6-18-7-4-9)12(15)10-8-11(10)13(16)17/h9-11H,2-8H2,1H3,(H,16,17). The maximum absolute atomic E-state index is 11.9. The Hall–Kier alpha value is -1.10. The zero-order chi connectivity index (χ0) is 13.1. The number of rotatable bonds is 5. The molecule has 1 saturated heterocycles. The summed E-state index contributed by atoms with van der Waals surface area (Å²) in [5, 5.41) is 8.80. The number of carboxylic acids is 1. The Balaban J connectivity index is 1.69. The van der Waals surface area contributed by atoms with Crippen LogP contribution in [-0.2, 0) is 14.3 Å². The van der Waals surface area contributed by atoms with Gasteiger partial charge in [-0.05, 0) is 31.6 Å². The lowest BCUT2D eigenvalue weighted by atomic mass is 9.96. The lowest BCUT2D eigenvalue weighted by molar-refractivity contribution is -0.141. The molecular weight excluding hydrogens is 234 g/mol. The number of carbonyl (C=O) groups is 2. The third-order valence-electron chi connectivity index (χ3n) is 4.01. The molecule has 0 spiro atoms. The third-order valence-corrected chi connectivity index (χ3v) is 4.01. The van der Waals surface area contributed by atoms with Gasteiger partial charge in [-0.25, -0.2) is 0 Å². The highest BCUT2D eigenvalue weighted by Gasteiger charge is 2.49. The number of aliphatic carboxylic acids is 1. The van der Waals surface area contributed by atoms with Gasteiger partial charge in [-0.15, -0.1) is 0 Å². The van der Waals surface area contributed by atoms with Crippen molar-refractivity contribution in [3.63, 3.8) is 0 Å². The Bertz CT molecular complexity index is 325. The van der Waals surface area contributed by atoms with Crippen molar-refractivity contribution in [1.82, 2.24) is 4.90 Å². The summed E-state index contributed by atoms with van der Waals surface area (Å²) in [6.07, 6.45) is 3.65. The van der Waals surface area contributed by atoms with Crippen molar-refractivity contribution in [3.05, 3.63) is 0 Å². The van der Waals surface area contributed by atoms with E-state index in [9.17, 15) is 9.59 Å². The fourth-order valence-corrected chi connectivity index (χ4v) is 2.55. The molecule has 1 aliphatic carbocycles. The van der Waals surface area contributed by atoms with E-state index in [0.29, 0.717) is 12.3 Å². The van der Waals surface area contributed by atoms with Crippen molar-refractivity contribution >= 4 is 11.9 Å². The van der Waals surface area contributed by atoms with Crippen LogP contribution in [0.15, 0.2) is 0 Å². The Labute approximate surface area is 107 Å². The van der Waals surface area contributed by atoms with Gasteiger partial charge in [0.1, 0.15) is 0 Å². The minimum absolute atomic E-state index is 0.00513. The molecule has 2 rings (SSSR count). The lowest BCUT2D eigenvalue weighted by Gasteiger charge is -2.25. The van der Waals surface area contributed by atoms with Gasteiger partial charge in [-0.2, -0.15) is 0 Å². The van der Waals surface area contributed by atoms with Crippen molar-refractivity contribution in [1.29, 1.82) is 0 Å². The summed E-state index contributed by atoms with van der Waals surface area (Å²) in [6.45, 7) is 2.38. The Morgan fingerprint density at radius 2 is 1.94 bits per heavy atom. The number of carbonyl (C=O) groups excluding carboxylic acids is 1. The molecule has 1 aliphatic heterocycles. The van der Waals surface area contributed by atoms with Crippen LogP contribution in [0.1, 0.15) is 25.7 Å². The van der Waals surface area contributed by atoms with Crippen molar-refractivity contribution in [2.45, 2.75) is 25.7 Å². The van der Waals surface area contributed by atoms with Crippen LogP contribution in [0.5, 0.6) is 0 Å². The zero-order valence-corrected chi connectivity index (χ0v) is 10.8. The van der Waals surface area contributed by atoms with Crippen LogP contribution in [0.4, 0.5) is 0 Å². The highest BCUT2D eigenvalue weighted by Crippen LogP contribution is 2.39. The van der Waals surface area contributed by atoms with Crippen LogP contribution in [-0.4, -0.2) is 48.7 Å². The number of hydrogen-bond acceptors (Lipinski definition) is 3. The fraction of sp³-hybridized carbons (Fsp3) is 0.846. The second kappa shape index (κ2) is 5.69. The predicted octanol–water partition coefficient (Wildman–Crippen LogP) is 0.982. The quantitative estimate of drug-likeness (QED) is 0.795. The molecule has 0 aromatic heterocycles. The van der Waals surface area contributed by atoms with Crippen LogP contribution >= 0.6 is 0 Å². The normalized spacial score (nSPS) is 27.8. The fourth-order valence-electron chi connectivity index (χ4n) is 2.55. The molecule has 1 amide bonds. The van der Waals surface area contributed by atoms with Gasteiger partial charge in [-0.1, -0.05) is 0 Å². The molecule has 5 heteroatoms. The van der Waals surface area contributed by atoms with Crippen molar-refractivity contribution in [3.8, 4) is 0 Å². The van der Waals surface area contributed by atoms with Crippen molar-refractivity contribution in [2.75, 3.05) is 26.8 Å². The lowest BCUT2D eigenvalue weighted by Crippen LogP contribution is -2.32. The molecule has 1 heterocycles. The summed E-state index contributed by atoms with van der Waals surface area (Å²) < 4.78 is 5.30. The molecule has 0 aromatic rings. The largest absolute Gasteiger partial charge is 0.481 e. The van der Waals surface area contributed by atoms with Crippen LogP contribution in [0.3, 0.4) is 0 Å². The van der Waals surface area contributed by atoms with Gasteiger partial charge in [0, 0.05) is 26.8 Å². The topological polar surface area (TPSA) is 66.8 Å². The third kappa shape index (κ3) is 3.22. The van der Waals surface area contributed by atoms with Gasteiger partial charge in [0.05, 0.1) is 11.8 Å². The first kappa shape index (κ1) is 13.3. The molecule has 102 valence electrons. The van der Waals surface area contributed by atoms with Gasteiger partial charge in [-0.3, -0.25) is 9.59 Å². The van der Waals surface area contributed by atoms with Crippen LogP contribution in [0, 0.1) is 17.8 Å². The molecule has 2 unspecified atom stereocenters. The van der Waals surface area contributed by atoms with Crippen LogP contribution in [0.2, 0.25) is 0 Å². The molecule has 2 atom stereocenters. The Morgan fingerprint density at radius 3 is 2.50 bits per heavy atom. The molecule has 0 aromatic carbocycles. The minimum Gasteiger partial charge on any atom is -0.481 e. The van der Waals surface area contributed by atoms with Gasteiger partial charge in [0.15, 0.2) is 0 Å². The summed E-state index contributed by atoms with van der Waals surface area (Å²) in [7, 11) is 1.78. The summed E-state index contributed by atoms with van der Waals surface area (Å²) in [6, 6.07) is 0. The average molecular weight is 255 g/mol. The van der Waals surface area contributed by atoms with E-state index >= 15 is 0 Å². The highest BCUT2D eigenvalue weighted by atomic mass is 16.5. The van der Waals surface area contributed by atoms with E-state index in [1.165, 1.54) is 0 Å². The highest BCUT2D eigenvalue weighted by molar-refractivity contribution is 5.89. The van der Waals surface area contributed by atoms with E-state index in [1.807, 2.05) is 0 Å². The van der Waals surface area contributed by atoms with E-state index < -0.39 is 11.9 Å². The minimum atomic E-state index is -0.842. The predicted molar refractivity (Wildman–Crippen MR) is 65.0 cm³/mol. The number of nitrogens with zero attached hydrogens (tertiary/aromatic N) is 1.